The second-order valence-electron chi connectivity index (χ2n) is 7.90. The van der Waals surface area contributed by atoms with Crippen LogP contribution in [0.4, 0.5) is 4.39 Å². The van der Waals surface area contributed by atoms with Gasteiger partial charge in [-0.15, -0.1) is 0 Å². The summed E-state index contributed by atoms with van der Waals surface area (Å²) < 4.78 is 24.5. The van der Waals surface area contributed by atoms with Crippen LogP contribution in [0.25, 0.3) is 0 Å². The third-order valence-electron chi connectivity index (χ3n) is 4.62. The molecule has 2 atom stereocenters. The molecule has 150 valence electrons. The molecule has 0 aliphatic carbocycles. The quantitative estimate of drug-likeness (QED) is 0.678. The van der Waals surface area contributed by atoms with Crippen molar-refractivity contribution < 1.29 is 23.8 Å². The molecule has 1 aliphatic heterocycles. The van der Waals surface area contributed by atoms with Crippen molar-refractivity contribution in [2.24, 2.45) is 11.3 Å². The van der Waals surface area contributed by atoms with Gasteiger partial charge in [0.05, 0.1) is 6.61 Å². The van der Waals surface area contributed by atoms with Crippen LogP contribution in [0.2, 0.25) is 0 Å². The highest BCUT2D eigenvalue weighted by Gasteiger charge is 2.33. The molecule has 0 unspecified atom stereocenters. The molecule has 0 saturated heterocycles. The van der Waals surface area contributed by atoms with Gasteiger partial charge in [-0.3, -0.25) is 4.79 Å². The Morgan fingerprint density at radius 3 is 2.63 bits per heavy atom. The molecule has 0 saturated carbocycles. The molecular weight excluding hydrogens is 349 g/mol. The van der Waals surface area contributed by atoms with E-state index in [1.165, 1.54) is 12.1 Å². The summed E-state index contributed by atoms with van der Waals surface area (Å²) in [5.74, 6) is -0.217. The predicted molar refractivity (Wildman–Crippen MR) is 101 cm³/mol. The molecule has 1 heterocycles. The zero-order chi connectivity index (χ0) is 19.9. The van der Waals surface area contributed by atoms with E-state index in [1.807, 2.05) is 6.08 Å². The van der Waals surface area contributed by atoms with E-state index in [2.05, 4.69) is 26.1 Å². The van der Waals surface area contributed by atoms with Gasteiger partial charge in [0, 0.05) is 19.6 Å². The molecule has 1 amide bonds. The summed E-state index contributed by atoms with van der Waals surface area (Å²) in [6.07, 6.45) is 3.48. The molecule has 0 radical (unpaired) electrons. The van der Waals surface area contributed by atoms with Gasteiger partial charge >= 0.3 is 0 Å². The van der Waals surface area contributed by atoms with Crippen molar-refractivity contribution in [1.82, 2.24) is 5.32 Å². The summed E-state index contributed by atoms with van der Waals surface area (Å²) in [6.45, 7) is 7.27. The Balaban J connectivity index is 1.98. The van der Waals surface area contributed by atoms with Crippen LogP contribution in [0.5, 0.6) is 0 Å². The standard InChI is InChI=1S/C21H30FNO4/c1-21(2,3)16-12-18(27-19(13-16)26-11-5-4-10-24)20(25)23-14-15-6-8-17(22)9-7-15/h6-9,12,16,19,24H,4-5,10-11,13-14H2,1-3H3,(H,23,25)/t16-,19+/m0/s1. The minimum atomic E-state index is -0.482. The van der Waals surface area contributed by atoms with E-state index in [4.69, 9.17) is 14.6 Å². The SMILES string of the molecule is CC(C)(C)[C@H]1C=C(C(=O)NCc2ccc(F)cc2)O[C@@H](OCCCCO)C1. The van der Waals surface area contributed by atoms with Crippen molar-refractivity contribution in [3.05, 3.63) is 47.5 Å². The molecule has 0 fully saturated rings. The van der Waals surface area contributed by atoms with Crippen LogP contribution >= 0.6 is 0 Å². The fourth-order valence-electron chi connectivity index (χ4n) is 2.82. The summed E-state index contributed by atoms with van der Waals surface area (Å²) in [4.78, 5) is 12.6. The van der Waals surface area contributed by atoms with E-state index >= 15 is 0 Å². The van der Waals surface area contributed by atoms with E-state index in [9.17, 15) is 9.18 Å². The molecule has 6 heteroatoms. The first-order chi connectivity index (χ1) is 12.8. The zero-order valence-electron chi connectivity index (χ0n) is 16.3. The normalized spacial score (nSPS) is 20.0. The Bertz CT molecular complexity index is 637. The van der Waals surface area contributed by atoms with Gasteiger partial charge in [-0.2, -0.15) is 0 Å². The Hall–Kier alpha value is -1.92. The first-order valence-corrected chi connectivity index (χ1v) is 9.43. The monoisotopic (exact) mass is 379 g/mol. The largest absolute Gasteiger partial charge is 0.459 e. The van der Waals surface area contributed by atoms with Gasteiger partial charge in [0.2, 0.25) is 6.29 Å². The van der Waals surface area contributed by atoms with E-state index < -0.39 is 6.29 Å². The van der Waals surface area contributed by atoms with Gasteiger partial charge in [-0.25, -0.2) is 4.39 Å². The Kier molecular flexibility index (Phi) is 7.80. The topological polar surface area (TPSA) is 67.8 Å². The molecule has 1 aromatic carbocycles. The van der Waals surface area contributed by atoms with Gasteiger partial charge in [0.15, 0.2) is 5.76 Å². The number of carbonyl (C=O) groups excluding carboxylic acids is 1. The maximum absolute atomic E-state index is 13.0. The maximum Gasteiger partial charge on any atom is 0.286 e. The molecule has 2 rings (SSSR count). The number of carbonyl (C=O) groups is 1. The lowest BCUT2D eigenvalue weighted by Gasteiger charge is -2.35. The number of allylic oxidation sites excluding steroid dienone is 1. The van der Waals surface area contributed by atoms with Crippen LogP contribution in [-0.4, -0.2) is 30.5 Å². The van der Waals surface area contributed by atoms with Crippen LogP contribution in [0.15, 0.2) is 36.1 Å². The minimum Gasteiger partial charge on any atom is -0.459 e. The number of aliphatic hydroxyl groups is 1. The van der Waals surface area contributed by atoms with Crippen molar-refractivity contribution in [1.29, 1.82) is 0 Å². The molecule has 1 aliphatic rings. The number of amides is 1. The molecule has 1 aromatic rings. The fourth-order valence-corrected chi connectivity index (χ4v) is 2.82. The summed E-state index contributed by atoms with van der Waals surface area (Å²) >= 11 is 0. The fraction of sp³-hybridized carbons (Fsp3) is 0.571. The molecule has 0 bridgehead atoms. The lowest BCUT2D eigenvalue weighted by Crippen LogP contribution is -2.36. The summed E-state index contributed by atoms with van der Waals surface area (Å²) in [5.41, 5.74) is 0.782. The number of rotatable bonds is 8. The Labute approximate surface area is 160 Å². The van der Waals surface area contributed by atoms with Crippen molar-refractivity contribution in [2.75, 3.05) is 13.2 Å². The third kappa shape index (κ3) is 6.96. The second-order valence-corrected chi connectivity index (χ2v) is 7.90. The van der Waals surface area contributed by atoms with E-state index in [0.717, 1.165) is 12.0 Å². The third-order valence-corrected chi connectivity index (χ3v) is 4.62. The molecular formula is C21H30FNO4. The predicted octanol–water partition coefficient (Wildman–Crippen LogP) is 3.52. The molecule has 0 spiro atoms. The van der Waals surface area contributed by atoms with Gasteiger partial charge in [-0.1, -0.05) is 32.9 Å². The van der Waals surface area contributed by atoms with Gasteiger partial charge in [-0.05, 0) is 47.9 Å². The van der Waals surface area contributed by atoms with Crippen molar-refractivity contribution in [3.63, 3.8) is 0 Å². The Morgan fingerprint density at radius 1 is 1.30 bits per heavy atom. The lowest BCUT2D eigenvalue weighted by atomic mass is 9.77. The van der Waals surface area contributed by atoms with Crippen molar-refractivity contribution in [2.45, 2.75) is 52.9 Å². The smallest absolute Gasteiger partial charge is 0.286 e. The van der Waals surface area contributed by atoms with Crippen LogP contribution in [-0.2, 0) is 20.8 Å². The average molecular weight is 379 g/mol. The highest BCUT2D eigenvalue weighted by Crippen LogP contribution is 2.36. The number of ether oxygens (including phenoxy) is 2. The van der Waals surface area contributed by atoms with E-state index in [1.54, 1.807) is 12.1 Å². The highest BCUT2D eigenvalue weighted by molar-refractivity contribution is 5.91. The first-order valence-electron chi connectivity index (χ1n) is 9.43. The van der Waals surface area contributed by atoms with Crippen LogP contribution in [0.1, 0.15) is 45.6 Å². The second kappa shape index (κ2) is 9.85. The molecule has 2 N–H and O–H groups in total. The number of halogens is 1. The van der Waals surface area contributed by atoms with Crippen LogP contribution in [0.3, 0.4) is 0 Å². The molecule has 27 heavy (non-hydrogen) atoms. The first kappa shape index (κ1) is 21.4. The number of benzene rings is 1. The van der Waals surface area contributed by atoms with Gasteiger partial charge < -0.3 is 19.9 Å². The Morgan fingerprint density at radius 2 is 2.00 bits per heavy atom. The van der Waals surface area contributed by atoms with Crippen molar-refractivity contribution >= 4 is 5.91 Å². The van der Waals surface area contributed by atoms with E-state index in [-0.39, 0.29) is 35.4 Å². The minimum absolute atomic E-state index is 0.0288. The van der Waals surface area contributed by atoms with Crippen LogP contribution in [0, 0.1) is 17.2 Å². The summed E-state index contributed by atoms with van der Waals surface area (Å²) in [5, 5.41) is 11.7. The number of aliphatic hydroxyl groups excluding tert-OH is 1. The highest BCUT2D eigenvalue weighted by atomic mass is 19.1. The number of unbranched alkanes of at least 4 members (excludes halogenated alkanes) is 1. The molecule has 0 aromatic heterocycles. The van der Waals surface area contributed by atoms with Crippen molar-refractivity contribution in [3.8, 4) is 0 Å². The summed E-state index contributed by atoms with van der Waals surface area (Å²) in [6, 6.07) is 6.00. The van der Waals surface area contributed by atoms with Crippen LogP contribution < -0.4 is 5.32 Å². The maximum atomic E-state index is 13.0. The zero-order valence-corrected chi connectivity index (χ0v) is 16.3. The van der Waals surface area contributed by atoms with E-state index in [0.29, 0.717) is 26.0 Å². The number of hydrogen-bond donors (Lipinski definition) is 2. The van der Waals surface area contributed by atoms with Gasteiger partial charge in [0.25, 0.3) is 5.91 Å². The summed E-state index contributed by atoms with van der Waals surface area (Å²) in [7, 11) is 0. The average Bonchev–Trinajstić information content (AvgIpc) is 2.63. The lowest BCUT2D eigenvalue weighted by molar-refractivity contribution is -0.153. The molecule has 5 nitrogen and oxygen atoms in total. The number of nitrogens with one attached hydrogen (secondary N) is 1. The number of hydrogen-bond acceptors (Lipinski definition) is 4. The van der Waals surface area contributed by atoms with Gasteiger partial charge in [0.1, 0.15) is 5.82 Å².